The molecular weight excluding hydrogens is 238 g/mol. The summed E-state index contributed by atoms with van der Waals surface area (Å²) in [5.74, 6) is 5.56. The van der Waals surface area contributed by atoms with Crippen LogP contribution in [0.25, 0.3) is 0 Å². The van der Waals surface area contributed by atoms with Gasteiger partial charge in [-0.05, 0) is 20.8 Å². The van der Waals surface area contributed by atoms with E-state index in [1.165, 1.54) is 0 Å². The van der Waals surface area contributed by atoms with E-state index in [-0.39, 0.29) is 12.3 Å². The molecule has 98 valence electrons. The summed E-state index contributed by atoms with van der Waals surface area (Å²) in [7, 11) is 0. The Morgan fingerprint density at radius 1 is 1.41 bits per heavy atom. The fourth-order valence-electron chi connectivity index (χ4n) is 1.53. The van der Waals surface area contributed by atoms with E-state index in [0.717, 1.165) is 10.7 Å². The lowest BCUT2D eigenvalue weighted by Crippen LogP contribution is -2.48. The van der Waals surface area contributed by atoms with Crippen LogP contribution in [-0.2, 0) is 15.9 Å². The highest BCUT2D eigenvalue weighted by Gasteiger charge is 2.22. The summed E-state index contributed by atoms with van der Waals surface area (Å²) in [5.41, 5.74) is 3.78. The molecule has 0 aliphatic rings. The number of nitrogens with one attached hydrogen (secondary N) is 1. The van der Waals surface area contributed by atoms with Crippen molar-refractivity contribution in [1.82, 2.24) is 10.4 Å². The van der Waals surface area contributed by atoms with E-state index in [1.54, 1.807) is 11.3 Å². The zero-order valence-electron chi connectivity index (χ0n) is 10.6. The maximum Gasteiger partial charge on any atom is 0.174 e. The third-order valence-corrected chi connectivity index (χ3v) is 3.25. The second-order valence-corrected chi connectivity index (χ2v) is 4.58. The molecule has 0 radical (unpaired) electrons. The molecule has 1 rings (SSSR count). The molecule has 6 heteroatoms. The predicted molar refractivity (Wildman–Crippen MR) is 68.7 cm³/mol. The summed E-state index contributed by atoms with van der Waals surface area (Å²) < 4.78 is 11.1. The highest BCUT2D eigenvalue weighted by Crippen LogP contribution is 2.14. The maximum absolute atomic E-state index is 5.56. The molecule has 0 spiro atoms. The SMILES string of the molecule is CCOC(OCC)C(Cc1nc(C)cs1)NN. The summed E-state index contributed by atoms with van der Waals surface area (Å²) in [6, 6.07) is -0.0829. The molecule has 17 heavy (non-hydrogen) atoms. The van der Waals surface area contributed by atoms with Gasteiger partial charge in [0.2, 0.25) is 0 Å². The first-order chi connectivity index (χ1) is 8.21. The highest BCUT2D eigenvalue weighted by molar-refractivity contribution is 7.09. The molecule has 0 aliphatic carbocycles. The fourth-order valence-corrected chi connectivity index (χ4v) is 2.36. The second kappa shape index (κ2) is 7.73. The Morgan fingerprint density at radius 2 is 2.06 bits per heavy atom. The molecule has 0 saturated carbocycles. The molecule has 3 N–H and O–H groups in total. The van der Waals surface area contributed by atoms with E-state index in [1.807, 2.05) is 26.2 Å². The van der Waals surface area contributed by atoms with Gasteiger partial charge in [-0.3, -0.25) is 11.3 Å². The van der Waals surface area contributed by atoms with Crippen molar-refractivity contribution in [1.29, 1.82) is 0 Å². The Bertz CT molecular complexity index is 313. The van der Waals surface area contributed by atoms with Crippen molar-refractivity contribution >= 4 is 11.3 Å². The van der Waals surface area contributed by atoms with Gasteiger partial charge in [-0.15, -0.1) is 11.3 Å². The lowest BCUT2D eigenvalue weighted by Gasteiger charge is -2.25. The van der Waals surface area contributed by atoms with Crippen LogP contribution in [0.4, 0.5) is 0 Å². The molecule has 1 aromatic heterocycles. The first kappa shape index (κ1) is 14.5. The minimum Gasteiger partial charge on any atom is -0.351 e. The molecule has 0 saturated heterocycles. The quantitative estimate of drug-likeness (QED) is 0.417. The van der Waals surface area contributed by atoms with E-state index in [4.69, 9.17) is 15.3 Å². The molecule has 1 atom stereocenters. The van der Waals surface area contributed by atoms with Crippen LogP contribution in [0, 0.1) is 6.92 Å². The Morgan fingerprint density at radius 3 is 2.47 bits per heavy atom. The third-order valence-electron chi connectivity index (χ3n) is 2.27. The number of nitrogens with zero attached hydrogens (tertiary/aromatic N) is 1. The van der Waals surface area contributed by atoms with E-state index in [0.29, 0.717) is 19.6 Å². The molecule has 1 aromatic rings. The standard InChI is InChI=1S/C11H21N3O2S/c1-4-15-11(16-5-2)9(14-12)6-10-13-8(3)7-17-10/h7,9,11,14H,4-6,12H2,1-3H3. The van der Waals surface area contributed by atoms with E-state index >= 15 is 0 Å². The maximum atomic E-state index is 5.56. The molecule has 1 heterocycles. The number of aromatic nitrogens is 1. The normalized spacial score (nSPS) is 13.2. The molecule has 0 bridgehead atoms. The summed E-state index contributed by atoms with van der Waals surface area (Å²) in [6.07, 6.45) is 0.374. The Balaban J connectivity index is 2.61. The van der Waals surface area contributed by atoms with Crippen LogP contribution in [0.1, 0.15) is 24.5 Å². The second-order valence-electron chi connectivity index (χ2n) is 3.64. The number of hydrazine groups is 1. The summed E-state index contributed by atoms with van der Waals surface area (Å²) in [4.78, 5) is 4.41. The molecule has 5 nitrogen and oxygen atoms in total. The van der Waals surface area contributed by atoms with Crippen molar-refractivity contribution in [2.45, 2.75) is 39.5 Å². The third kappa shape index (κ3) is 4.69. The minimum atomic E-state index is -0.334. The zero-order chi connectivity index (χ0) is 12.7. The number of hydrogen-bond acceptors (Lipinski definition) is 6. The Kier molecular flexibility index (Phi) is 6.61. The van der Waals surface area contributed by atoms with Crippen molar-refractivity contribution in [2.75, 3.05) is 13.2 Å². The van der Waals surface area contributed by atoms with Gasteiger partial charge in [0.25, 0.3) is 0 Å². The summed E-state index contributed by atoms with van der Waals surface area (Å²) in [5, 5.41) is 3.06. The average molecular weight is 259 g/mol. The predicted octanol–water partition coefficient (Wildman–Crippen LogP) is 1.23. The van der Waals surface area contributed by atoms with Crippen LogP contribution in [-0.4, -0.2) is 30.5 Å². The van der Waals surface area contributed by atoms with Gasteiger partial charge in [-0.1, -0.05) is 0 Å². The van der Waals surface area contributed by atoms with Crippen LogP contribution in [0.3, 0.4) is 0 Å². The van der Waals surface area contributed by atoms with Crippen LogP contribution in [0.2, 0.25) is 0 Å². The van der Waals surface area contributed by atoms with E-state index < -0.39 is 0 Å². The van der Waals surface area contributed by atoms with Gasteiger partial charge >= 0.3 is 0 Å². The van der Waals surface area contributed by atoms with Crippen molar-refractivity contribution in [2.24, 2.45) is 5.84 Å². The number of hydrogen-bond donors (Lipinski definition) is 2. The molecule has 0 aromatic carbocycles. The van der Waals surface area contributed by atoms with E-state index in [9.17, 15) is 0 Å². The van der Waals surface area contributed by atoms with Gasteiger partial charge in [0.05, 0.1) is 11.0 Å². The lowest BCUT2D eigenvalue weighted by molar-refractivity contribution is -0.153. The van der Waals surface area contributed by atoms with Crippen LogP contribution in [0.5, 0.6) is 0 Å². The minimum absolute atomic E-state index is 0.0829. The molecule has 1 unspecified atom stereocenters. The number of nitrogens with two attached hydrogens (primary N) is 1. The molecule has 0 aliphatic heterocycles. The van der Waals surface area contributed by atoms with Gasteiger partial charge in [0, 0.05) is 30.7 Å². The van der Waals surface area contributed by atoms with Crippen molar-refractivity contribution < 1.29 is 9.47 Å². The van der Waals surface area contributed by atoms with Gasteiger partial charge in [-0.2, -0.15) is 0 Å². The fraction of sp³-hybridized carbons (Fsp3) is 0.727. The number of rotatable bonds is 8. The zero-order valence-corrected chi connectivity index (χ0v) is 11.4. The van der Waals surface area contributed by atoms with Gasteiger partial charge in [0.1, 0.15) is 0 Å². The van der Waals surface area contributed by atoms with E-state index in [2.05, 4.69) is 10.4 Å². The number of thiazole rings is 1. The van der Waals surface area contributed by atoms with Gasteiger partial charge in [-0.25, -0.2) is 4.98 Å². The lowest BCUT2D eigenvalue weighted by atomic mass is 10.2. The average Bonchev–Trinajstić information content (AvgIpc) is 2.72. The van der Waals surface area contributed by atoms with Crippen molar-refractivity contribution in [3.8, 4) is 0 Å². The number of aryl methyl sites for hydroxylation is 1. The largest absolute Gasteiger partial charge is 0.351 e. The monoisotopic (exact) mass is 259 g/mol. The molecule has 0 fully saturated rings. The highest BCUT2D eigenvalue weighted by atomic mass is 32.1. The smallest absolute Gasteiger partial charge is 0.174 e. The van der Waals surface area contributed by atoms with Crippen LogP contribution in [0.15, 0.2) is 5.38 Å². The van der Waals surface area contributed by atoms with Gasteiger partial charge < -0.3 is 9.47 Å². The number of ether oxygens (including phenoxy) is 2. The summed E-state index contributed by atoms with van der Waals surface area (Å²) in [6.45, 7) is 7.05. The summed E-state index contributed by atoms with van der Waals surface area (Å²) >= 11 is 1.63. The topological polar surface area (TPSA) is 69.4 Å². The van der Waals surface area contributed by atoms with Gasteiger partial charge in [0.15, 0.2) is 6.29 Å². The first-order valence-corrected chi connectivity index (χ1v) is 6.69. The molecule has 0 amide bonds. The molecular formula is C11H21N3O2S. The first-order valence-electron chi connectivity index (χ1n) is 5.81. The van der Waals surface area contributed by atoms with Crippen LogP contribution < -0.4 is 11.3 Å². The Hall–Kier alpha value is -0.530. The van der Waals surface area contributed by atoms with Crippen LogP contribution >= 0.6 is 11.3 Å². The van der Waals surface area contributed by atoms with Crippen molar-refractivity contribution in [3.63, 3.8) is 0 Å². The van der Waals surface area contributed by atoms with Crippen molar-refractivity contribution in [3.05, 3.63) is 16.1 Å². The Labute approximate surface area is 106 Å².